The summed E-state index contributed by atoms with van der Waals surface area (Å²) in [6, 6.07) is 3.95. The second-order valence-electron chi connectivity index (χ2n) is 2.61. The van der Waals surface area contributed by atoms with Crippen molar-refractivity contribution in [2.75, 3.05) is 0 Å². The third-order valence-corrected chi connectivity index (χ3v) is 2.78. The van der Waals surface area contributed by atoms with Crippen molar-refractivity contribution in [2.24, 2.45) is 4.99 Å². The first-order valence-corrected chi connectivity index (χ1v) is 5.02. The van der Waals surface area contributed by atoms with E-state index in [1.807, 2.05) is 24.6 Å². The van der Waals surface area contributed by atoms with Crippen molar-refractivity contribution in [1.29, 1.82) is 0 Å². The molecular weight excluding hydrogens is 200 g/mol. The summed E-state index contributed by atoms with van der Waals surface area (Å²) in [5.41, 5.74) is 4.77. The maximum atomic E-state index is 4.56. The lowest BCUT2D eigenvalue weighted by Gasteiger charge is -1.97. The van der Waals surface area contributed by atoms with Gasteiger partial charge in [-0.25, -0.2) is 4.98 Å². The summed E-state index contributed by atoms with van der Waals surface area (Å²) in [6.45, 7) is 1.99. The Balaban J connectivity index is 2.80. The second-order valence-corrected chi connectivity index (χ2v) is 3.68. The van der Waals surface area contributed by atoms with E-state index in [0.717, 1.165) is 16.8 Å². The van der Waals surface area contributed by atoms with E-state index >= 15 is 0 Å². The Labute approximate surface area is 85.0 Å². The fraction of sp³-hybridized carbons (Fsp3) is 0.111. The standard InChI is InChI=1S/C9H6N2S2/c1-6-7(10-4-12)2-3-8-9(6)11-5-13-8/h2-3,5H,1H3. The maximum absolute atomic E-state index is 4.56. The lowest BCUT2D eigenvalue weighted by molar-refractivity contribution is 1.39. The smallest absolute Gasteiger partial charge is 0.0862 e. The first kappa shape index (κ1) is 8.51. The van der Waals surface area contributed by atoms with Crippen LogP contribution in [0.1, 0.15) is 5.56 Å². The predicted molar refractivity (Wildman–Crippen MR) is 59.0 cm³/mol. The van der Waals surface area contributed by atoms with Gasteiger partial charge in [-0.1, -0.05) is 0 Å². The number of nitrogens with zero attached hydrogens (tertiary/aromatic N) is 2. The molecule has 1 aromatic carbocycles. The lowest BCUT2D eigenvalue weighted by atomic mass is 10.2. The van der Waals surface area contributed by atoms with E-state index in [1.165, 1.54) is 4.70 Å². The number of isothiocyanates is 1. The Hall–Kier alpha value is -1.09. The van der Waals surface area contributed by atoms with Gasteiger partial charge in [0, 0.05) is 5.56 Å². The Morgan fingerprint density at radius 3 is 3.15 bits per heavy atom. The molecule has 0 amide bonds. The van der Waals surface area contributed by atoms with Gasteiger partial charge < -0.3 is 0 Å². The van der Waals surface area contributed by atoms with Crippen molar-refractivity contribution in [3.8, 4) is 0 Å². The third-order valence-electron chi connectivity index (χ3n) is 1.89. The van der Waals surface area contributed by atoms with E-state index in [1.54, 1.807) is 11.3 Å². The van der Waals surface area contributed by atoms with Crippen LogP contribution >= 0.6 is 23.6 Å². The zero-order chi connectivity index (χ0) is 9.26. The normalized spacial score (nSPS) is 9.92. The van der Waals surface area contributed by atoms with Crippen LogP contribution < -0.4 is 0 Å². The Morgan fingerprint density at radius 2 is 2.38 bits per heavy atom. The molecule has 0 saturated carbocycles. The molecule has 0 aliphatic heterocycles. The SMILES string of the molecule is Cc1c(N=C=S)ccc2scnc12. The molecule has 1 aromatic heterocycles. The van der Waals surface area contributed by atoms with Gasteiger partial charge in [-0.2, -0.15) is 4.99 Å². The monoisotopic (exact) mass is 206 g/mol. The van der Waals surface area contributed by atoms with Crippen LogP contribution in [0.2, 0.25) is 0 Å². The highest BCUT2D eigenvalue weighted by Crippen LogP contribution is 2.28. The number of benzene rings is 1. The molecule has 0 aliphatic rings. The molecule has 2 nitrogen and oxygen atoms in total. The number of aryl methyl sites for hydroxylation is 1. The number of aliphatic imine (C=N–C) groups is 1. The fourth-order valence-electron chi connectivity index (χ4n) is 1.23. The number of thiocarbonyl (C=S) groups is 1. The van der Waals surface area contributed by atoms with Crippen LogP contribution in [0.4, 0.5) is 5.69 Å². The number of aromatic nitrogens is 1. The molecular formula is C9H6N2S2. The number of rotatable bonds is 1. The van der Waals surface area contributed by atoms with Gasteiger partial charge in [-0.15, -0.1) is 11.3 Å². The predicted octanol–water partition coefficient (Wildman–Crippen LogP) is 3.34. The van der Waals surface area contributed by atoms with E-state index < -0.39 is 0 Å². The van der Waals surface area contributed by atoms with Gasteiger partial charge in [-0.3, -0.25) is 0 Å². The van der Waals surface area contributed by atoms with Gasteiger partial charge in [-0.05, 0) is 31.3 Å². The molecule has 0 fully saturated rings. The van der Waals surface area contributed by atoms with Crippen LogP contribution in [-0.4, -0.2) is 10.1 Å². The summed E-state index contributed by atoms with van der Waals surface area (Å²) in [6.07, 6.45) is 0. The Kier molecular flexibility index (Phi) is 2.19. The zero-order valence-corrected chi connectivity index (χ0v) is 8.58. The van der Waals surface area contributed by atoms with Crippen molar-refractivity contribution in [3.63, 3.8) is 0 Å². The molecule has 0 spiro atoms. The van der Waals surface area contributed by atoms with E-state index in [0.29, 0.717) is 0 Å². The molecule has 0 atom stereocenters. The molecule has 4 heteroatoms. The Bertz CT molecular complexity index is 495. The minimum Gasteiger partial charge on any atom is -0.244 e. The summed E-state index contributed by atoms with van der Waals surface area (Å²) in [5, 5.41) is 2.37. The van der Waals surface area contributed by atoms with Crippen LogP contribution in [0.3, 0.4) is 0 Å². The molecule has 64 valence electrons. The summed E-state index contributed by atoms with van der Waals surface area (Å²) in [7, 11) is 0. The summed E-state index contributed by atoms with van der Waals surface area (Å²) < 4.78 is 1.18. The van der Waals surface area contributed by atoms with Crippen LogP contribution in [0.25, 0.3) is 10.2 Å². The highest BCUT2D eigenvalue weighted by molar-refractivity contribution is 7.78. The first-order chi connectivity index (χ1) is 6.33. The topological polar surface area (TPSA) is 25.2 Å². The number of fused-ring (bicyclic) bond motifs is 1. The largest absolute Gasteiger partial charge is 0.244 e. The minimum atomic E-state index is 0.855. The van der Waals surface area contributed by atoms with Crippen molar-refractivity contribution < 1.29 is 0 Å². The van der Waals surface area contributed by atoms with Gasteiger partial charge in [0.25, 0.3) is 0 Å². The van der Waals surface area contributed by atoms with Crippen molar-refractivity contribution in [2.45, 2.75) is 6.92 Å². The molecule has 2 rings (SSSR count). The average Bonchev–Trinajstić information content (AvgIpc) is 2.58. The summed E-state index contributed by atoms with van der Waals surface area (Å²) >= 11 is 6.19. The third kappa shape index (κ3) is 1.40. The van der Waals surface area contributed by atoms with Gasteiger partial charge in [0.1, 0.15) is 0 Å². The second kappa shape index (κ2) is 3.34. The van der Waals surface area contributed by atoms with Gasteiger partial charge in [0.05, 0.1) is 26.6 Å². The van der Waals surface area contributed by atoms with Gasteiger partial charge >= 0.3 is 0 Å². The maximum Gasteiger partial charge on any atom is 0.0862 e. The minimum absolute atomic E-state index is 0.855. The number of hydrogen-bond donors (Lipinski definition) is 0. The van der Waals surface area contributed by atoms with Gasteiger partial charge in [0.15, 0.2) is 0 Å². The molecule has 2 aromatic rings. The molecule has 1 heterocycles. The molecule has 13 heavy (non-hydrogen) atoms. The summed E-state index contributed by atoms with van der Waals surface area (Å²) in [4.78, 5) is 8.22. The number of hydrogen-bond acceptors (Lipinski definition) is 4. The molecule has 0 unspecified atom stereocenters. The molecule has 0 N–H and O–H groups in total. The lowest BCUT2D eigenvalue weighted by Crippen LogP contribution is -1.76. The quantitative estimate of drug-likeness (QED) is 0.528. The highest BCUT2D eigenvalue weighted by atomic mass is 32.1. The van der Waals surface area contributed by atoms with Gasteiger partial charge in [0.2, 0.25) is 0 Å². The van der Waals surface area contributed by atoms with Crippen molar-refractivity contribution >= 4 is 44.6 Å². The van der Waals surface area contributed by atoms with Crippen LogP contribution in [-0.2, 0) is 0 Å². The van der Waals surface area contributed by atoms with E-state index in [-0.39, 0.29) is 0 Å². The van der Waals surface area contributed by atoms with E-state index in [4.69, 9.17) is 0 Å². The molecule has 0 saturated heterocycles. The van der Waals surface area contributed by atoms with Crippen molar-refractivity contribution in [1.82, 2.24) is 4.98 Å². The zero-order valence-electron chi connectivity index (χ0n) is 6.94. The molecule has 0 bridgehead atoms. The van der Waals surface area contributed by atoms with Crippen LogP contribution in [0.5, 0.6) is 0 Å². The Morgan fingerprint density at radius 1 is 1.54 bits per heavy atom. The van der Waals surface area contributed by atoms with E-state index in [2.05, 4.69) is 27.4 Å². The summed E-state index contributed by atoms with van der Waals surface area (Å²) in [5.74, 6) is 0. The first-order valence-electron chi connectivity index (χ1n) is 3.73. The van der Waals surface area contributed by atoms with Crippen LogP contribution in [0, 0.1) is 6.92 Å². The van der Waals surface area contributed by atoms with Crippen LogP contribution in [0.15, 0.2) is 22.6 Å². The average molecular weight is 206 g/mol. The van der Waals surface area contributed by atoms with Crippen molar-refractivity contribution in [3.05, 3.63) is 23.2 Å². The highest BCUT2D eigenvalue weighted by Gasteiger charge is 2.03. The fourth-order valence-corrected chi connectivity index (χ4v) is 2.06. The van der Waals surface area contributed by atoms with E-state index in [9.17, 15) is 0 Å². The molecule has 0 radical (unpaired) electrons. The molecule has 0 aliphatic carbocycles. The number of thiazole rings is 1.